The zero-order valence-electron chi connectivity index (χ0n) is 12.0. The molecule has 0 aliphatic rings. The first-order chi connectivity index (χ1) is 9.38. The van der Waals surface area contributed by atoms with E-state index in [4.69, 9.17) is 0 Å². The number of rotatable bonds is 4. The molecule has 2 nitrogen and oxygen atoms in total. The lowest BCUT2D eigenvalue weighted by atomic mass is 10.1. The summed E-state index contributed by atoms with van der Waals surface area (Å²) in [6, 6.07) is 4.06. The van der Waals surface area contributed by atoms with Crippen LogP contribution in [0.4, 0.5) is 13.2 Å². The van der Waals surface area contributed by atoms with E-state index >= 15 is 0 Å². The molecule has 1 atom stereocenters. The highest BCUT2D eigenvalue weighted by atomic mass is 19.4. The van der Waals surface area contributed by atoms with Crippen LogP contribution in [0.5, 0.6) is 0 Å². The van der Waals surface area contributed by atoms with Crippen molar-refractivity contribution in [1.82, 2.24) is 9.55 Å². The molecule has 0 saturated heterocycles. The quantitative estimate of drug-likeness (QED) is 0.774. The zero-order valence-corrected chi connectivity index (χ0v) is 12.0. The van der Waals surface area contributed by atoms with Gasteiger partial charge in [0.1, 0.15) is 5.82 Å². The molecular formula is C15H19F3N2. The Balaban J connectivity index is 2.61. The number of aryl methyl sites for hydroxylation is 1. The van der Waals surface area contributed by atoms with Gasteiger partial charge in [-0.2, -0.15) is 13.2 Å². The number of hydrogen-bond acceptors (Lipinski definition) is 1. The molecule has 2 rings (SSSR count). The number of benzene rings is 1. The van der Waals surface area contributed by atoms with Gasteiger partial charge in [0.2, 0.25) is 0 Å². The highest BCUT2D eigenvalue weighted by molar-refractivity contribution is 5.77. The van der Waals surface area contributed by atoms with Crippen LogP contribution in [0.3, 0.4) is 0 Å². The highest BCUT2D eigenvalue weighted by Gasteiger charge is 2.31. The van der Waals surface area contributed by atoms with E-state index in [0.717, 1.165) is 42.7 Å². The summed E-state index contributed by atoms with van der Waals surface area (Å²) in [4.78, 5) is 4.41. The van der Waals surface area contributed by atoms with Crippen molar-refractivity contribution in [1.29, 1.82) is 0 Å². The second kappa shape index (κ2) is 5.46. The van der Waals surface area contributed by atoms with Crippen molar-refractivity contribution in [3.8, 4) is 0 Å². The van der Waals surface area contributed by atoms with Crippen molar-refractivity contribution in [2.45, 2.75) is 52.3 Å². The fourth-order valence-corrected chi connectivity index (χ4v) is 2.40. The molecule has 20 heavy (non-hydrogen) atoms. The summed E-state index contributed by atoms with van der Waals surface area (Å²) in [5.74, 6) is 0.871. The Labute approximate surface area is 116 Å². The van der Waals surface area contributed by atoms with Crippen LogP contribution in [-0.4, -0.2) is 9.55 Å². The summed E-state index contributed by atoms with van der Waals surface area (Å²) in [6.07, 6.45) is -1.70. The number of imidazole rings is 1. The van der Waals surface area contributed by atoms with Crippen LogP contribution >= 0.6 is 0 Å². The lowest BCUT2D eigenvalue weighted by Crippen LogP contribution is -2.08. The van der Waals surface area contributed by atoms with Crippen molar-refractivity contribution in [3.63, 3.8) is 0 Å². The minimum Gasteiger partial charge on any atom is -0.325 e. The lowest BCUT2D eigenvalue weighted by Gasteiger charge is -2.15. The van der Waals surface area contributed by atoms with Crippen LogP contribution in [0.2, 0.25) is 0 Å². The minimum absolute atomic E-state index is 0.235. The van der Waals surface area contributed by atoms with Gasteiger partial charge < -0.3 is 4.57 Å². The molecule has 0 amide bonds. The van der Waals surface area contributed by atoms with Gasteiger partial charge in [-0.15, -0.1) is 0 Å². The number of aromatic nitrogens is 2. The molecular weight excluding hydrogens is 265 g/mol. The van der Waals surface area contributed by atoms with E-state index in [1.807, 2.05) is 6.92 Å². The molecule has 0 aliphatic heterocycles. The molecule has 110 valence electrons. The van der Waals surface area contributed by atoms with E-state index in [9.17, 15) is 13.2 Å². The molecule has 1 unspecified atom stereocenters. The SMILES string of the molecule is CCCc1nc2cc(C(F)(F)F)ccc2n1C(C)CC. The number of nitrogens with zero attached hydrogens (tertiary/aromatic N) is 2. The third-order valence-electron chi connectivity index (χ3n) is 3.60. The number of fused-ring (bicyclic) bond motifs is 1. The second-order valence-corrected chi connectivity index (χ2v) is 5.11. The largest absolute Gasteiger partial charge is 0.416 e. The maximum atomic E-state index is 12.8. The van der Waals surface area contributed by atoms with Crippen molar-refractivity contribution in [2.24, 2.45) is 0 Å². The Morgan fingerprint density at radius 3 is 2.50 bits per heavy atom. The zero-order chi connectivity index (χ0) is 14.9. The Kier molecular flexibility index (Phi) is 4.06. The Hall–Kier alpha value is -1.52. The van der Waals surface area contributed by atoms with Crippen LogP contribution in [-0.2, 0) is 12.6 Å². The summed E-state index contributed by atoms with van der Waals surface area (Å²) in [6.45, 7) is 6.18. The van der Waals surface area contributed by atoms with Gasteiger partial charge >= 0.3 is 6.18 Å². The average molecular weight is 284 g/mol. The maximum Gasteiger partial charge on any atom is 0.416 e. The fraction of sp³-hybridized carbons (Fsp3) is 0.533. The monoisotopic (exact) mass is 284 g/mol. The van der Waals surface area contributed by atoms with Crippen molar-refractivity contribution >= 4 is 11.0 Å². The fourth-order valence-electron chi connectivity index (χ4n) is 2.40. The van der Waals surface area contributed by atoms with Gasteiger partial charge in [0.05, 0.1) is 16.6 Å². The smallest absolute Gasteiger partial charge is 0.325 e. The third-order valence-corrected chi connectivity index (χ3v) is 3.60. The molecule has 1 aromatic carbocycles. The number of hydrogen-bond donors (Lipinski definition) is 0. The van der Waals surface area contributed by atoms with Gasteiger partial charge in [0, 0.05) is 12.5 Å². The first-order valence-electron chi connectivity index (χ1n) is 6.96. The van der Waals surface area contributed by atoms with Gasteiger partial charge in [-0.1, -0.05) is 13.8 Å². The summed E-state index contributed by atoms with van der Waals surface area (Å²) >= 11 is 0. The van der Waals surface area contributed by atoms with Gasteiger partial charge in [-0.25, -0.2) is 4.98 Å². The summed E-state index contributed by atoms with van der Waals surface area (Å²) in [5, 5.41) is 0. The molecule has 0 saturated carbocycles. The molecule has 2 aromatic rings. The van der Waals surface area contributed by atoms with Crippen molar-refractivity contribution < 1.29 is 13.2 Å². The predicted octanol–water partition coefficient (Wildman–Crippen LogP) is 4.98. The van der Waals surface area contributed by atoms with E-state index in [1.54, 1.807) is 0 Å². The van der Waals surface area contributed by atoms with E-state index in [0.29, 0.717) is 5.52 Å². The number of alkyl halides is 3. The summed E-state index contributed by atoms with van der Waals surface area (Å²) in [5.41, 5.74) is 0.584. The van der Waals surface area contributed by atoms with E-state index in [1.165, 1.54) is 6.07 Å². The Bertz CT molecular complexity index is 599. The molecule has 0 bridgehead atoms. The third kappa shape index (κ3) is 2.67. The van der Waals surface area contributed by atoms with Crippen LogP contribution in [0.15, 0.2) is 18.2 Å². The molecule has 1 aromatic heterocycles. The average Bonchev–Trinajstić information content (AvgIpc) is 2.74. The van der Waals surface area contributed by atoms with Crippen LogP contribution in [0.25, 0.3) is 11.0 Å². The Morgan fingerprint density at radius 1 is 1.25 bits per heavy atom. The van der Waals surface area contributed by atoms with Crippen molar-refractivity contribution in [2.75, 3.05) is 0 Å². The standard InChI is InChI=1S/C15H19F3N2/c1-4-6-14-19-12-9-11(15(16,17)18)7-8-13(12)20(14)10(3)5-2/h7-10H,4-6H2,1-3H3. The molecule has 0 N–H and O–H groups in total. The van der Waals surface area contributed by atoms with Gasteiger partial charge in [-0.3, -0.25) is 0 Å². The normalized spacial score (nSPS) is 13.9. The lowest BCUT2D eigenvalue weighted by molar-refractivity contribution is -0.137. The minimum atomic E-state index is -4.32. The summed E-state index contributed by atoms with van der Waals surface area (Å²) in [7, 11) is 0. The molecule has 0 fully saturated rings. The van der Waals surface area contributed by atoms with E-state index in [-0.39, 0.29) is 6.04 Å². The van der Waals surface area contributed by atoms with E-state index in [2.05, 4.69) is 23.4 Å². The van der Waals surface area contributed by atoms with Gasteiger partial charge in [-0.05, 0) is 38.0 Å². The molecule has 0 aliphatic carbocycles. The first-order valence-corrected chi connectivity index (χ1v) is 6.96. The molecule has 0 radical (unpaired) electrons. The van der Waals surface area contributed by atoms with E-state index < -0.39 is 11.7 Å². The maximum absolute atomic E-state index is 12.8. The molecule has 1 heterocycles. The van der Waals surface area contributed by atoms with Gasteiger partial charge in [0.15, 0.2) is 0 Å². The highest BCUT2D eigenvalue weighted by Crippen LogP contribution is 2.32. The summed E-state index contributed by atoms with van der Waals surface area (Å²) < 4.78 is 40.4. The topological polar surface area (TPSA) is 17.8 Å². The molecule has 5 heteroatoms. The van der Waals surface area contributed by atoms with Crippen LogP contribution in [0.1, 0.15) is 51.0 Å². The first kappa shape index (κ1) is 14.9. The molecule has 0 spiro atoms. The van der Waals surface area contributed by atoms with Crippen LogP contribution < -0.4 is 0 Å². The van der Waals surface area contributed by atoms with Crippen LogP contribution in [0, 0.1) is 0 Å². The Morgan fingerprint density at radius 2 is 1.95 bits per heavy atom. The predicted molar refractivity (Wildman–Crippen MR) is 73.7 cm³/mol. The second-order valence-electron chi connectivity index (χ2n) is 5.11. The van der Waals surface area contributed by atoms with Crippen molar-refractivity contribution in [3.05, 3.63) is 29.6 Å². The number of halogens is 3. The van der Waals surface area contributed by atoms with Gasteiger partial charge in [0.25, 0.3) is 0 Å².